The molecule has 1 aliphatic heterocycles. The van der Waals surface area contributed by atoms with E-state index in [1.807, 2.05) is 30.3 Å². The predicted molar refractivity (Wildman–Crippen MR) is 102 cm³/mol. The number of carbonyl (C=O) groups is 3. The minimum Gasteiger partial charge on any atom is -0.423 e. The summed E-state index contributed by atoms with van der Waals surface area (Å²) in [5.74, 6) is -0.452. The molecule has 4 rings (SSSR count). The zero-order chi connectivity index (χ0) is 20.4. The number of nitrogens with one attached hydrogen (secondary N) is 1. The highest BCUT2D eigenvalue weighted by Crippen LogP contribution is 2.23. The Kier molecular flexibility index (Phi) is 4.90. The number of aromatic nitrogens is 2. The molecule has 1 aliphatic rings. The van der Waals surface area contributed by atoms with Gasteiger partial charge in [-0.3, -0.25) is 19.3 Å². The molecule has 8 nitrogen and oxygen atoms in total. The molecule has 1 unspecified atom stereocenters. The van der Waals surface area contributed by atoms with Crippen LogP contribution < -0.4 is 5.32 Å². The van der Waals surface area contributed by atoms with E-state index in [1.54, 1.807) is 31.2 Å². The van der Waals surface area contributed by atoms with Crippen LogP contribution in [0.25, 0.3) is 0 Å². The molecule has 1 aromatic heterocycles. The Morgan fingerprint density at radius 2 is 1.62 bits per heavy atom. The molecular weight excluding hydrogens is 372 g/mol. The fraction of sp³-hybridized carbons (Fsp3) is 0.190. The largest absolute Gasteiger partial charge is 0.423 e. The van der Waals surface area contributed by atoms with Gasteiger partial charge in [0.25, 0.3) is 11.8 Å². The number of rotatable bonds is 6. The number of aryl methyl sites for hydroxylation is 1. The highest BCUT2D eigenvalue weighted by molar-refractivity contribution is 6.21. The first-order valence-electron chi connectivity index (χ1n) is 9.14. The second kappa shape index (κ2) is 7.67. The van der Waals surface area contributed by atoms with Gasteiger partial charge < -0.3 is 9.73 Å². The zero-order valence-corrected chi connectivity index (χ0v) is 15.7. The number of imide groups is 1. The van der Waals surface area contributed by atoms with Crippen molar-refractivity contribution in [1.82, 2.24) is 20.4 Å². The average Bonchev–Trinajstić information content (AvgIpc) is 3.27. The normalized spacial score (nSPS) is 14.0. The van der Waals surface area contributed by atoms with Crippen molar-refractivity contribution in [3.63, 3.8) is 0 Å². The van der Waals surface area contributed by atoms with Crippen molar-refractivity contribution in [2.45, 2.75) is 19.4 Å². The summed E-state index contributed by atoms with van der Waals surface area (Å²) in [6.45, 7) is 1.66. The first-order chi connectivity index (χ1) is 14.0. The first kappa shape index (κ1) is 18.5. The van der Waals surface area contributed by atoms with Gasteiger partial charge in [0.2, 0.25) is 17.7 Å². The zero-order valence-electron chi connectivity index (χ0n) is 15.7. The van der Waals surface area contributed by atoms with Crippen LogP contribution in [0.1, 0.15) is 50.5 Å². The topological polar surface area (TPSA) is 105 Å². The van der Waals surface area contributed by atoms with Crippen LogP contribution >= 0.6 is 0 Å². The first-order valence-corrected chi connectivity index (χ1v) is 9.14. The smallest absolute Gasteiger partial charge is 0.261 e. The van der Waals surface area contributed by atoms with E-state index in [0.717, 1.165) is 10.5 Å². The maximum Gasteiger partial charge on any atom is 0.261 e. The fourth-order valence-corrected chi connectivity index (χ4v) is 3.25. The van der Waals surface area contributed by atoms with Crippen LogP contribution in [0.3, 0.4) is 0 Å². The molecule has 0 spiro atoms. The number of carbonyl (C=O) groups excluding carboxylic acids is 3. The standard InChI is InChI=1S/C21H18N4O4/c1-13-23-24-19(29-13)18(14-7-3-2-4-8-14)22-17(26)11-12-25-20(27)15-9-5-6-10-16(15)21(25)28/h2-10,18H,11-12H2,1H3,(H,22,26). The molecule has 3 amide bonds. The quantitative estimate of drug-likeness (QED) is 0.648. The third-order valence-corrected chi connectivity index (χ3v) is 4.67. The van der Waals surface area contributed by atoms with E-state index in [1.165, 1.54) is 0 Å². The lowest BCUT2D eigenvalue weighted by Gasteiger charge is -2.17. The summed E-state index contributed by atoms with van der Waals surface area (Å²) in [4.78, 5) is 38.6. The van der Waals surface area contributed by atoms with Crippen molar-refractivity contribution in [3.05, 3.63) is 83.1 Å². The maximum atomic E-state index is 12.6. The molecule has 2 heterocycles. The van der Waals surface area contributed by atoms with Crippen molar-refractivity contribution >= 4 is 17.7 Å². The number of benzene rings is 2. The van der Waals surface area contributed by atoms with Crippen molar-refractivity contribution in [2.75, 3.05) is 6.54 Å². The molecule has 1 atom stereocenters. The molecule has 1 N–H and O–H groups in total. The van der Waals surface area contributed by atoms with Gasteiger partial charge in [0, 0.05) is 19.9 Å². The van der Waals surface area contributed by atoms with Gasteiger partial charge in [0.05, 0.1) is 11.1 Å². The monoisotopic (exact) mass is 390 g/mol. The van der Waals surface area contributed by atoms with Crippen LogP contribution in [0, 0.1) is 6.92 Å². The van der Waals surface area contributed by atoms with Crippen LogP contribution in [-0.4, -0.2) is 39.4 Å². The molecule has 3 aromatic rings. The number of nitrogens with zero attached hydrogens (tertiary/aromatic N) is 3. The summed E-state index contributed by atoms with van der Waals surface area (Å²) in [7, 11) is 0. The van der Waals surface area contributed by atoms with Crippen LogP contribution in [-0.2, 0) is 4.79 Å². The molecule has 0 saturated heterocycles. The second-order valence-electron chi connectivity index (χ2n) is 6.63. The Morgan fingerprint density at radius 3 is 2.21 bits per heavy atom. The molecule has 0 radical (unpaired) electrons. The minimum absolute atomic E-state index is 0.0114. The van der Waals surface area contributed by atoms with Gasteiger partial charge in [-0.25, -0.2) is 0 Å². The third kappa shape index (κ3) is 3.64. The van der Waals surface area contributed by atoms with E-state index in [2.05, 4.69) is 15.5 Å². The van der Waals surface area contributed by atoms with E-state index in [-0.39, 0.29) is 36.6 Å². The summed E-state index contributed by atoms with van der Waals surface area (Å²) >= 11 is 0. The Labute approximate surface area is 166 Å². The molecule has 8 heteroatoms. The van der Waals surface area contributed by atoms with E-state index in [9.17, 15) is 14.4 Å². The third-order valence-electron chi connectivity index (χ3n) is 4.67. The molecule has 0 saturated carbocycles. The highest BCUT2D eigenvalue weighted by atomic mass is 16.4. The number of hydrogen-bond donors (Lipinski definition) is 1. The summed E-state index contributed by atoms with van der Waals surface area (Å²) in [6.07, 6.45) is -0.0398. The molecule has 146 valence electrons. The summed E-state index contributed by atoms with van der Waals surface area (Å²) in [5.41, 5.74) is 1.51. The van der Waals surface area contributed by atoms with Gasteiger partial charge in [-0.15, -0.1) is 10.2 Å². The van der Waals surface area contributed by atoms with E-state index in [0.29, 0.717) is 17.0 Å². The van der Waals surface area contributed by atoms with E-state index < -0.39 is 6.04 Å². The van der Waals surface area contributed by atoms with Crippen LogP contribution in [0.15, 0.2) is 59.0 Å². The molecule has 29 heavy (non-hydrogen) atoms. The average molecular weight is 390 g/mol. The van der Waals surface area contributed by atoms with Crippen molar-refractivity contribution < 1.29 is 18.8 Å². The van der Waals surface area contributed by atoms with Crippen LogP contribution in [0.5, 0.6) is 0 Å². The fourth-order valence-electron chi connectivity index (χ4n) is 3.25. The Hall–Kier alpha value is -3.81. The van der Waals surface area contributed by atoms with Crippen LogP contribution in [0.2, 0.25) is 0 Å². The maximum absolute atomic E-state index is 12.6. The Bertz CT molecular complexity index is 1040. The lowest BCUT2D eigenvalue weighted by Crippen LogP contribution is -2.36. The SMILES string of the molecule is Cc1nnc(C(NC(=O)CCN2C(=O)c3ccccc3C2=O)c2ccccc2)o1. The summed E-state index contributed by atoms with van der Waals surface area (Å²) in [5, 5.41) is 10.7. The van der Waals surface area contributed by atoms with Gasteiger partial charge in [0.1, 0.15) is 6.04 Å². The van der Waals surface area contributed by atoms with Crippen LogP contribution in [0.4, 0.5) is 0 Å². The van der Waals surface area contributed by atoms with Crippen molar-refractivity contribution in [3.8, 4) is 0 Å². The molecule has 2 aromatic carbocycles. The van der Waals surface area contributed by atoms with E-state index >= 15 is 0 Å². The lowest BCUT2D eigenvalue weighted by atomic mass is 10.1. The summed E-state index contributed by atoms with van der Waals surface area (Å²) < 4.78 is 5.50. The summed E-state index contributed by atoms with van der Waals surface area (Å²) in [6, 6.07) is 15.2. The van der Waals surface area contributed by atoms with Gasteiger partial charge in [-0.1, -0.05) is 42.5 Å². The number of fused-ring (bicyclic) bond motifs is 1. The number of amides is 3. The second-order valence-corrected chi connectivity index (χ2v) is 6.63. The number of hydrogen-bond acceptors (Lipinski definition) is 6. The molecule has 0 bridgehead atoms. The highest BCUT2D eigenvalue weighted by Gasteiger charge is 2.35. The predicted octanol–water partition coefficient (Wildman–Crippen LogP) is 2.27. The molecular formula is C21H18N4O4. The Balaban J connectivity index is 1.46. The molecule has 0 aliphatic carbocycles. The molecule has 0 fully saturated rings. The Morgan fingerprint density at radius 1 is 1.00 bits per heavy atom. The van der Waals surface area contributed by atoms with Gasteiger partial charge >= 0.3 is 0 Å². The van der Waals surface area contributed by atoms with Gasteiger partial charge in [-0.05, 0) is 17.7 Å². The van der Waals surface area contributed by atoms with Gasteiger partial charge in [0.15, 0.2) is 0 Å². The van der Waals surface area contributed by atoms with Gasteiger partial charge in [-0.2, -0.15) is 0 Å². The van der Waals surface area contributed by atoms with Crippen molar-refractivity contribution in [1.29, 1.82) is 0 Å². The van der Waals surface area contributed by atoms with E-state index in [4.69, 9.17) is 4.42 Å². The lowest BCUT2D eigenvalue weighted by molar-refractivity contribution is -0.121. The minimum atomic E-state index is -0.618. The van der Waals surface area contributed by atoms with Crippen molar-refractivity contribution in [2.24, 2.45) is 0 Å².